The van der Waals surface area contributed by atoms with Crippen LogP contribution in [-0.4, -0.2) is 31.6 Å². The number of ether oxygens (including phenoxy) is 1. The number of hydrogen-bond donors (Lipinski definition) is 0. The number of benzene rings is 1. The van der Waals surface area contributed by atoms with Crippen LogP contribution in [0.5, 0.6) is 0 Å². The Labute approximate surface area is 116 Å². The lowest BCUT2D eigenvalue weighted by Gasteiger charge is -2.36. The van der Waals surface area contributed by atoms with Gasteiger partial charge in [0.15, 0.2) is 0 Å². The number of methoxy groups -OCH3 is 1. The summed E-state index contributed by atoms with van der Waals surface area (Å²) in [6, 6.07) is 8.63. The van der Waals surface area contributed by atoms with Gasteiger partial charge in [-0.2, -0.15) is 0 Å². The molecule has 1 fully saturated rings. The van der Waals surface area contributed by atoms with Gasteiger partial charge in [-0.15, -0.1) is 0 Å². The molecular weight excluding hydrogens is 294 g/mol. The minimum atomic E-state index is -0.0785. The monoisotopic (exact) mass is 311 g/mol. The molecule has 1 aromatic carbocycles. The van der Waals surface area contributed by atoms with E-state index >= 15 is 0 Å². The number of carbonyl (C=O) groups is 1. The average molecular weight is 312 g/mol. The van der Waals surface area contributed by atoms with Crippen LogP contribution < -0.4 is 0 Å². The maximum Gasteiger partial charge on any atom is 0.308 e. The molecule has 0 N–H and O–H groups in total. The SMILES string of the molecule is COC(=O)C1CCN(C)C(c2ccc(Br)cc2)C1. The molecule has 0 aliphatic carbocycles. The van der Waals surface area contributed by atoms with E-state index in [2.05, 4.69) is 40.0 Å². The van der Waals surface area contributed by atoms with Crippen LogP contribution in [0.2, 0.25) is 0 Å². The van der Waals surface area contributed by atoms with Crippen molar-refractivity contribution in [2.24, 2.45) is 5.92 Å². The molecule has 3 nitrogen and oxygen atoms in total. The Kier molecular flexibility index (Phi) is 4.40. The smallest absolute Gasteiger partial charge is 0.308 e. The van der Waals surface area contributed by atoms with Crippen molar-refractivity contribution in [1.29, 1.82) is 0 Å². The normalized spacial score (nSPS) is 24.8. The van der Waals surface area contributed by atoms with E-state index in [0.29, 0.717) is 6.04 Å². The van der Waals surface area contributed by atoms with Crippen molar-refractivity contribution < 1.29 is 9.53 Å². The second-order valence-corrected chi connectivity index (χ2v) is 5.71. The molecule has 1 aliphatic rings. The number of esters is 1. The van der Waals surface area contributed by atoms with Crippen molar-refractivity contribution in [2.45, 2.75) is 18.9 Å². The lowest BCUT2D eigenvalue weighted by Crippen LogP contribution is -2.36. The van der Waals surface area contributed by atoms with Crippen molar-refractivity contribution >= 4 is 21.9 Å². The largest absolute Gasteiger partial charge is 0.469 e. The first kappa shape index (κ1) is 13.6. The van der Waals surface area contributed by atoms with Crippen LogP contribution in [0.25, 0.3) is 0 Å². The Morgan fingerprint density at radius 1 is 1.39 bits per heavy atom. The molecule has 98 valence electrons. The van der Waals surface area contributed by atoms with Crippen molar-refractivity contribution in [3.63, 3.8) is 0 Å². The predicted octanol–water partition coefficient (Wildman–Crippen LogP) is 3.01. The molecule has 0 radical (unpaired) electrons. The molecule has 0 aromatic heterocycles. The molecule has 0 bridgehead atoms. The molecule has 18 heavy (non-hydrogen) atoms. The fourth-order valence-electron chi connectivity index (χ4n) is 2.54. The summed E-state index contributed by atoms with van der Waals surface area (Å²) < 4.78 is 5.94. The third-order valence-electron chi connectivity index (χ3n) is 3.66. The Balaban J connectivity index is 2.14. The summed E-state index contributed by atoms with van der Waals surface area (Å²) in [5.41, 5.74) is 1.26. The minimum absolute atomic E-state index is 0.0276. The molecule has 1 saturated heterocycles. The third kappa shape index (κ3) is 2.93. The van der Waals surface area contributed by atoms with E-state index < -0.39 is 0 Å². The van der Waals surface area contributed by atoms with Gasteiger partial charge in [0.2, 0.25) is 0 Å². The highest BCUT2D eigenvalue weighted by Crippen LogP contribution is 2.34. The van der Waals surface area contributed by atoms with Gasteiger partial charge in [0.05, 0.1) is 13.0 Å². The van der Waals surface area contributed by atoms with Gasteiger partial charge < -0.3 is 4.74 Å². The topological polar surface area (TPSA) is 29.5 Å². The fraction of sp³-hybridized carbons (Fsp3) is 0.500. The Hall–Kier alpha value is -0.870. The molecule has 2 unspecified atom stereocenters. The number of hydrogen-bond acceptors (Lipinski definition) is 3. The van der Waals surface area contributed by atoms with Crippen LogP contribution >= 0.6 is 15.9 Å². The third-order valence-corrected chi connectivity index (χ3v) is 4.19. The number of carbonyl (C=O) groups excluding carboxylic acids is 1. The number of piperidine rings is 1. The van der Waals surface area contributed by atoms with Gasteiger partial charge in [0, 0.05) is 10.5 Å². The van der Waals surface area contributed by atoms with E-state index in [-0.39, 0.29) is 11.9 Å². The molecule has 1 aliphatic heterocycles. The summed E-state index contributed by atoms with van der Waals surface area (Å²) in [5, 5.41) is 0. The van der Waals surface area contributed by atoms with Crippen molar-refractivity contribution in [2.75, 3.05) is 20.7 Å². The maximum atomic E-state index is 11.7. The van der Waals surface area contributed by atoms with E-state index in [1.165, 1.54) is 12.7 Å². The Morgan fingerprint density at radius 2 is 2.06 bits per heavy atom. The summed E-state index contributed by atoms with van der Waals surface area (Å²) in [7, 11) is 3.58. The Morgan fingerprint density at radius 3 is 2.67 bits per heavy atom. The molecule has 1 aromatic rings. The molecule has 0 spiro atoms. The highest BCUT2D eigenvalue weighted by Gasteiger charge is 2.31. The Bertz CT molecular complexity index is 418. The average Bonchev–Trinajstić information content (AvgIpc) is 2.39. The fourth-order valence-corrected chi connectivity index (χ4v) is 2.80. The molecule has 0 amide bonds. The molecule has 2 rings (SSSR count). The second kappa shape index (κ2) is 5.85. The van der Waals surface area contributed by atoms with E-state index in [9.17, 15) is 4.79 Å². The van der Waals surface area contributed by atoms with Crippen LogP contribution in [0, 0.1) is 5.92 Å². The number of halogens is 1. The van der Waals surface area contributed by atoms with Crippen molar-refractivity contribution in [1.82, 2.24) is 4.90 Å². The van der Waals surface area contributed by atoms with Gasteiger partial charge in [-0.3, -0.25) is 9.69 Å². The van der Waals surface area contributed by atoms with E-state index in [1.807, 2.05) is 12.1 Å². The second-order valence-electron chi connectivity index (χ2n) is 4.79. The summed E-state index contributed by atoms with van der Waals surface area (Å²) >= 11 is 3.44. The van der Waals surface area contributed by atoms with Gasteiger partial charge in [-0.1, -0.05) is 28.1 Å². The standard InChI is InChI=1S/C14H18BrNO2/c1-16-8-7-11(14(17)18-2)9-13(16)10-3-5-12(15)6-4-10/h3-6,11,13H,7-9H2,1-2H3. The first-order valence-corrected chi connectivity index (χ1v) is 6.94. The van der Waals surface area contributed by atoms with Crippen molar-refractivity contribution in [3.05, 3.63) is 34.3 Å². The van der Waals surface area contributed by atoms with Crippen LogP contribution in [0.1, 0.15) is 24.4 Å². The summed E-state index contributed by atoms with van der Waals surface area (Å²) in [4.78, 5) is 14.0. The lowest BCUT2D eigenvalue weighted by molar-refractivity contribution is -0.147. The zero-order valence-electron chi connectivity index (χ0n) is 10.7. The molecule has 0 saturated carbocycles. The first-order valence-electron chi connectivity index (χ1n) is 6.15. The number of rotatable bonds is 2. The quantitative estimate of drug-likeness (QED) is 0.786. The minimum Gasteiger partial charge on any atom is -0.469 e. The van der Waals surface area contributed by atoms with Crippen LogP contribution in [0.4, 0.5) is 0 Å². The van der Waals surface area contributed by atoms with E-state index in [0.717, 1.165) is 23.9 Å². The number of nitrogens with zero attached hydrogens (tertiary/aromatic N) is 1. The van der Waals surface area contributed by atoms with Gasteiger partial charge in [-0.25, -0.2) is 0 Å². The van der Waals surface area contributed by atoms with Gasteiger partial charge in [-0.05, 0) is 44.1 Å². The lowest BCUT2D eigenvalue weighted by atomic mass is 9.87. The van der Waals surface area contributed by atoms with Gasteiger partial charge >= 0.3 is 5.97 Å². The molecule has 2 atom stereocenters. The highest BCUT2D eigenvalue weighted by molar-refractivity contribution is 9.10. The maximum absolute atomic E-state index is 11.7. The van der Waals surface area contributed by atoms with E-state index in [1.54, 1.807) is 0 Å². The van der Waals surface area contributed by atoms with Crippen molar-refractivity contribution in [3.8, 4) is 0 Å². The molecule has 4 heteroatoms. The molecular formula is C14H18BrNO2. The highest BCUT2D eigenvalue weighted by atomic mass is 79.9. The van der Waals surface area contributed by atoms with Gasteiger partial charge in [0.25, 0.3) is 0 Å². The molecule has 1 heterocycles. The van der Waals surface area contributed by atoms with Crippen LogP contribution in [0.3, 0.4) is 0 Å². The first-order chi connectivity index (χ1) is 8.61. The summed E-state index contributed by atoms with van der Waals surface area (Å²) in [6.45, 7) is 0.931. The zero-order chi connectivity index (χ0) is 13.1. The van der Waals surface area contributed by atoms with Crippen LogP contribution in [-0.2, 0) is 9.53 Å². The zero-order valence-corrected chi connectivity index (χ0v) is 12.3. The predicted molar refractivity (Wildman–Crippen MR) is 74.3 cm³/mol. The van der Waals surface area contributed by atoms with E-state index in [4.69, 9.17) is 4.74 Å². The number of likely N-dealkylation sites (tertiary alicyclic amines) is 1. The van der Waals surface area contributed by atoms with Crippen LogP contribution in [0.15, 0.2) is 28.7 Å². The summed E-state index contributed by atoms with van der Waals surface area (Å²) in [5.74, 6) is -0.0509. The summed E-state index contributed by atoms with van der Waals surface area (Å²) in [6.07, 6.45) is 1.72. The van der Waals surface area contributed by atoms with Gasteiger partial charge in [0.1, 0.15) is 0 Å².